The zero-order chi connectivity index (χ0) is 9.23. The number of alkyl halides is 3. The molecule has 0 spiro atoms. The molecule has 0 aliphatic rings. The summed E-state index contributed by atoms with van der Waals surface area (Å²) in [4.78, 5) is 0. The van der Waals surface area contributed by atoms with Gasteiger partial charge in [0.05, 0.1) is 11.7 Å². The van der Waals surface area contributed by atoms with Crippen molar-refractivity contribution in [1.29, 1.82) is 0 Å². The molecule has 0 rings (SSSR count). The maximum atomic E-state index is 11.4. The van der Waals surface area contributed by atoms with Gasteiger partial charge in [-0.25, -0.2) is 4.39 Å². The van der Waals surface area contributed by atoms with Crippen molar-refractivity contribution in [2.75, 3.05) is 0 Å². The van der Waals surface area contributed by atoms with Crippen molar-refractivity contribution in [1.82, 2.24) is 0 Å². The van der Waals surface area contributed by atoms with Gasteiger partial charge in [0.2, 0.25) is 0 Å². The number of halogens is 7. The summed E-state index contributed by atoms with van der Waals surface area (Å²) < 4.78 is 77.9. The van der Waals surface area contributed by atoms with E-state index in [-0.39, 0.29) is 17.1 Å². The third-order valence-electron chi connectivity index (χ3n) is 0.608. The van der Waals surface area contributed by atoms with Crippen molar-refractivity contribution in [2.24, 2.45) is 0 Å². The number of hydrogen-bond donors (Lipinski definition) is 0. The third-order valence-corrected chi connectivity index (χ3v) is 0.608. The molecule has 8 heteroatoms. The fourth-order valence-corrected chi connectivity index (χ4v) is 0.207. The van der Waals surface area contributed by atoms with Gasteiger partial charge in [0.25, 0.3) is 0 Å². The molecule has 0 fully saturated rings. The molecule has 0 bridgehead atoms. The van der Waals surface area contributed by atoms with Crippen LogP contribution in [0.4, 0.5) is 30.7 Å². The van der Waals surface area contributed by atoms with Gasteiger partial charge in [-0.1, -0.05) is 0 Å². The zero-order valence-electron chi connectivity index (χ0n) is 4.95. The van der Waals surface area contributed by atoms with Crippen LogP contribution in [0.2, 0.25) is 0 Å². The van der Waals surface area contributed by atoms with Gasteiger partial charge in [-0.05, 0) is 0 Å². The summed E-state index contributed by atoms with van der Waals surface area (Å²) in [5.74, 6) is -6.59. The Bertz CT molecular complexity index is 169. The Kier molecular flexibility index (Phi) is 5.45. The van der Waals surface area contributed by atoms with E-state index in [9.17, 15) is 30.7 Å². The minimum atomic E-state index is -5.70. The number of rotatable bonds is 1. The average Bonchev–Trinajstić information content (AvgIpc) is 1.82. The van der Waals surface area contributed by atoms with Crippen molar-refractivity contribution >= 4 is 0 Å². The molecule has 0 nitrogen and oxygen atoms in total. The second-order valence-corrected chi connectivity index (χ2v) is 1.39. The van der Waals surface area contributed by atoms with Gasteiger partial charge in [-0.2, -0.15) is 13.2 Å². The SMILES string of the molecule is F/C(=C(/F)C(F)(F)F)[C-](F)F.[Cu+]. The van der Waals surface area contributed by atoms with E-state index in [1.807, 2.05) is 0 Å². The van der Waals surface area contributed by atoms with Crippen molar-refractivity contribution in [3.8, 4) is 0 Å². The van der Waals surface area contributed by atoms with Crippen LogP contribution in [0, 0.1) is 6.43 Å². The van der Waals surface area contributed by atoms with Crippen LogP contribution < -0.4 is 0 Å². The van der Waals surface area contributed by atoms with Gasteiger partial charge in [0.1, 0.15) is 6.43 Å². The Morgan fingerprint density at radius 3 is 1.42 bits per heavy atom. The first-order chi connectivity index (χ1) is 4.76. The van der Waals surface area contributed by atoms with E-state index in [4.69, 9.17) is 0 Å². The van der Waals surface area contributed by atoms with Gasteiger partial charge in [-0.15, -0.1) is 0 Å². The van der Waals surface area contributed by atoms with Crippen LogP contribution in [-0.2, 0) is 17.1 Å². The Balaban J connectivity index is 0. The standard InChI is InChI=1S/C4F7.Cu/c5-1(3(7)8)2(6)4(9,10)11;/q-1;+1/b2-1+;. The van der Waals surface area contributed by atoms with Gasteiger partial charge >= 0.3 is 23.2 Å². The quantitative estimate of drug-likeness (QED) is 0.378. The molecule has 0 radical (unpaired) electrons. The Labute approximate surface area is 72.9 Å². The number of allylic oxidation sites excluding steroid dienone is 2. The van der Waals surface area contributed by atoms with Crippen molar-refractivity contribution < 1.29 is 47.8 Å². The third kappa shape index (κ3) is 3.87. The van der Waals surface area contributed by atoms with Crippen LogP contribution in [-0.4, -0.2) is 6.18 Å². The van der Waals surface area contributed by atoms with Crippen molar-refractivity contribution in [3.05, 3.63) is 18.1 Å². The molecule has 0 saturated heterocycles. The maximum absolute atomic E-state index is 11.4. The summed E-state index contributed by atoms with van der Waals surface area (Å²) in [6, 6.07) is 0. The van der Waals surface area contributed by atoms with Crippen LogP contribution in [0.15, 0.2) is 11.7 Å². The first-order valence-electron chi connectivity index (χ1n) is 2.07. The van der Waals surface area contributed by atoms with E-state index in [2.05, 4.69) is 0 Å². The molecule has 0 aromatic heterocycles. The first-order valence-corrected chi connectivity index (χ1v) is 2.07. The fourth-order valence-electron chi connectivity index (χ4n) is 0.207. The molecule has 0 amide bonds. The van der Waals surface area contributed by atoms with E-state index in [0.29, 0.717) is 0 Å². The molecule has 0 aromatic carbocycles. The van der Waals surface area contributed by atoms with Gasteiger partial charge < -0.3 is 4.39 Å². The smallest absolute Gasteiger partial charge is 0.312 e. The fraction of sp³-hybridized carbons (Fsp3) is 0.250. The van der Waals surface area contributed by atoms with Gasteiger partial charge in [0.15, 0.2) is 0 Å². The minimum absolute atomic E-state index is 0. The molecular weight excluding hydrogens is 245 g/mol. The molecule has 0 atom stereocenters. The molecule has 0 unspecified atom stereocenters. The van der Waals surface area contributed by atoms with E-state index in [0.717, 1.165) is 0 Å². The Hall–Kier alpha value is -0.361. The predicted octanol–water partition coefficient (Wildman–Crippen LogP) is 3.13. The summed E-state index contributed by atoms with van der Waals surface area (Å²) in [6.07, 6.45) is -9.03. The average molecular weight is 245 g/mol. The molecular formula is C4CuF7. The Morgan fingerprint density at radius 1 is 1.00 bits per heavy atom. The van der Waals surface area contributed by atoms with Gasteiger partial charge in [0, 0.05) is 0 Å². The first kappa shape index (κ1) is 14.2. The molecule has 0 saturated carbocycles. The van der Waals surface area contributed by atoms with Crippen LogP contribution in [0.3, 0.4) is 0 Å². The van der Waals surface area contributed by atoms with E-state index in [1.54, 1.807) is 0 Å². The predicted molar refractivity (Wildman–Crippen MR) is 20.8 cm³/mol. The molecule has 76 valence electrons. The second kappa shape index (κ2) is 4.61. The summed E-state index contributed by atoms with van der Waals surface area (Å²) in [5.41, 5.74) is 0. The zero-order valence-corrected chi connectivity index (χ0v) is 5.89. The van der Waals surface area contributed by atoms with Crippen molar-refractivity contribution in [2.45, 2.75) is 6.18 Å². The number of hydrogen-bond acceptors (Lipinski definition) is 0. The topological polar surface area (TPSA) is 0 Å². The van der Waals surface area contributed by atoms with E-state index >= 15 is 0 Å². The maximum Gasteiger partial charge on any atom is 1.00 e. The molecule has 0 aliphatic carbocycles. The van der Waals surface area contributed by atoms with E-state index < -0.39 is 24.3 Å². The summed E-state index contributed by atoms with van der Waals surface area (Å²) >= 11 is 0. The molecule has 0 aromatic rings. The molecule has 0 heterocycles. The summed E-state index contributed by atoms with van der Waals surface area (Å²) in [6.45, 7) is 0. The monoisotopic (exact) mass is 244 g/mol. The summed E-state index contributed by atoms with van der Waals surface area (Å²) in [7, 11) is 0. The normalized spacial score (nSPS) is 13.2. The largest absolute Gasteiger partial charge is 1.00 e. The Morgan fingerprint density at radius 2 is 1.33 bits per heavy atom. The summed E-state index contributed by atoms with van der Waals surface area (Å²) in [5, 5.41) is 0. The molecule has 0 N–H and O–H groups in total. The second-order valence-electron chi connectivity index (χ2n) is 1.39. The minimum Gasteiger partial charge on any atom is -0.312 e. The van der Waals surface area contributed by atoms with Gasteiger partial charge in [-0.3, -0.25) is 8.78 Å². The van der Waals surface area contributed by atoms with Crippen LogP contribution in [0.25, 0.3) is 0 Å². The van der Waals surface area contributed by atoms with Crippen molar-refractivity contribution in [3.63, 3.8) is 0 Å². The van der Waals surface area contributed by atoms with Crippen LogP contribution in [0.1, 0.15) is 0 Å². The van der Waals surface area contributed by atoms with Crippen LogP contribution >= 0.6 is 0 Å². The molecule has 0 aliphatic heterocycles. The molecule has 12 heavy (non-hydrogen) atoms. The van der Waals surface area contributed by atoms with E-state index in [1.165, 1.54) is 0 Å². The van der Waals surface area contributed by atoms with Crippen LogP contribution in [0.5, 0.6) is 0 Å².